The number of benzene rings is 2. The number of halogens is 1. The SMILES string of the molecule is NC1=C/C(=N/S(=O)(=O)c2ccc(Br)cc2)c2ccccc2C1=O. The van der Waals surface area contributed by atoms with Gasteiger partial charge in [-0.3, -0.25) is 4.79 Å². The van der Waals surface area contributed by atoms with Gasteiger partial charge in [0.15, 0.2) is 0 Å². The van der Waals surface area contributed by atoms with Gasteiger partial charge >= 0.3 is 0 Å². The number of ketones is 1. The number of hydrogen-bond donors (Lipinski definition) is 1. The van der Waals surface area contributed by atoms with Gasteiger partial charge in [-0.15, -0.1) is 0 Å². The Bertz CT molecular complexity index is 961. The van der Waals surface area contributed by atoms with Gasteiger partial charge < -0.3 is 5.73 Å². The Morgan fingerprint density at radius 1 is 0.957 bits per heavy atom. The van der Waals surface area contributed by atoms with E-state index >= 15 is 0 Å². The van der Waals surface area contributed by atoms with Crippen LogP contribution in [0.1, 0.15) is 15.9 Å². The van der Waals surface area contributed by atoms with Crippen molar-refractivity contribution < 1.29 is 13.2 Å². The highest BCUT2D eigenvalue weighted by Crippen LogP contribution is 2.22. The van der Waals surface area contributed by atoms with Crippen molar-refractivity contribution in [2.24, 2.45) is 10.1 Å². The van der Waals surface area contributed by atoms with Crippen molar-refractivity contribution in [3.05, 3.63) is 75.9 Å². The molecule has 1 aliphatic carbocycles. The van der Waals surface area contributed by atoms with E-state index in [1.54, 1.807) is 36.4 Å². The molecule has 0 saturated carbocycles. The van der Waals surface area contributed by atoms with Crippen molar-refractivity contribution >= 4 is 37.4 Å². The summed E-state index contributed by atoms with van der Waals surface area (Å²) in [7, 11) is -3.90. The van der Waals surface area contributed by atoms with E-state index in [1.807, 2.05) is 0 Å². The summed E-state index contributed by atoms with van der Waals surface area (Å²) in [5.41, 5.74) is 6.61. The van der Waals surface area contributed by atoms with Crippen molar-refractivity contribution in [2.75, 3.05) is 0 Å². The molecule has 0 spiro atoms. The predicted molar refractivity (Wildman–Crippen MR) is 90.9 cm³/mol. The van der Waals surface area contributed by atoms with Crippen LogP contribution >= 0.6 is 15.9 Å². The fraction of sp³-hybridized carbons (Fsp3) is 0. The fourth-order valence-corrected chi connectivity index (χ4v) is 3.47. The minimum Gasteiger partial charge on any atom is -0.395 e. The van der Waals surface area contributed by atoms with Crippen LogP contribution in [0, 0.1) is 0 Å². The van der Waals surface area contributed by atoms with Gasteiger partial charge in [0, 0.05) is 15.6 Å². The Hall–Kier alpha value is -2.25. The number of carbonyl (C=O) groups is 1. The van der Waals surface area contributed by atoms with E-state index in [0.717, 1.165) is 4.47 Å². The molecule has 0 radical (unpaired) electrons. The van der Waals surface area contributed by atoms with Gasteiger partial charge in [-0.2, -0.15) is 12.8 Å². The third-order valence-corrected chi connectivity index (χ3v) is 5.17. The highest BCUT2D eigenvalue weighted by Gasteiger charge is 2.24. The van der Waals surface area contributed by atoms with Crippen molar-refractivity contribution in [3.8, 4) is 0 Å². The maximum Gasteiger partial charge on any atom is 0.282 e. The number of Topliss-reactive ketones (excluding diaryl/α,β-unsaturated/α-hetero) is 1. The lowest BCUT2D eigenvalue weighted by Crippen LogP contribution is -2.22. The molecule has 2 N–H and O–H groups in total. The molecule has 0 bridgehead atoms. The molecule has 0 saturated heterocycles. The van der Waals surface area contributed by atoms with Crippen molar-refractivity contribution in [2.45, 2.75) is 4.90 Å². The van der Waals surface area contributed by atoms with Gasteiger partial charge in [0.2, 0.25) is 5.78 Å². The van der Waals surface area contributed by atoms with E-state index in [2.05, 4.69) is 20.3 Å². The van der Waals surface area contributed by atoms with Crippen LogP contribution in [0.4, 0.5) is 0 Å². The van der Waals surface area contributed by atoms with E-state index < -0.39 is 10.0 Å². The fourth-order valence-electron chi connectivity index (χ4n) is 2.21. The number of carbonyl (C=O) groups excluding carboxylic acids is 1. The molecule has 0 unspecified atom stereocenters. The summed E-state index contributed by atoms with van der Waals surface area (Å²) in [4.78, 5) is 12.1. The number of rotatable bonds is 2. The molecule has 0 fully saturated rings. The first-order valence-corrected chi connectivity index (χ1v) is 8.83. The lowest BCUT2D eigenvalue weighted by Gasteiger charge is -2.14. The highest BCUT2D eigenvalue weighted by molar-refractivity contribution is 9.10. The minimum atomic E-state index is -3.90. The molecule has 2 aromatic rings. The first-order chi connectivity index (χ1) is 10.9. The second-order valence-electron chi connectivity index (χ2n) is 4.88. The predicted octanol–water partition coefficient (Wildman–Crippen LogP) is 2.67. The van der Waals surface area contributed by atoms with Crippen LogP contribution in [0.5, 0.6) is 0 Å². The molecular weight excluding hydrogens is 380 g/mol. The topological polar surface area (TPSA) is 89.6 Å². The molecule has 3 rings (SSSR count). The van der Waals surface area contributed by atoms with Gasteiger partial charge in [0.05, 0.1) is 16.3 Å². The van der Waals surface area contributed by atoms with Crippen LogP contribution in [0.3, 0.4) is 0 Å². The average Bonchev–Trinajstić information content (AvgIpc) is 2.52. The van der Waals surface area contributed by atoms with Gasteiger partial charge in [-0.1, -0.05) is 40.2 Å². The van der Waals surface area contributed by atoms with Crippen LogP contribution in [-0.4, -0.2) is 19.9 Å². The van der Waals surface area contributed by atoms with E-state index in [9.17, 15) is 13.2 Å². The largest absolute Gasteiger partial charge is 0.395 e. The van der Waals surface area contributed by atoms with E-state index in [0.29, 0.717) is 11.1 Å². The third kappa shape index (κ3) is 2.97. The zero-order valence-corrected chi connectivity index (χ0v) is 14.1. The number of nitrogens with two attached hydrogens (primary N) is 1. The third-order valence-electron chi connectivity index (χ3n) is 3.33. The summed E-state index contributed by atoms with van der Waals surface area (Å²) in [5.74, 6) is -0.333. The molecule has 0 aromatic heterocycles. The second kappa shape index (κ2) is 5.75. The molecule has 0 amide bonds. The monoisotopic (exact) mass is 390 g/mol. The number of fused-ring (bicyclic) bond motifs is 1. The van der Waals surface area contributed by atoms with Crippen LogP contribution in [0.25, 0.3) is 0 Å². The summed E-state index contributed by atoms with van der Waals surface area (Å²) in [5, 5.41) is 0. The average molecular weight is 391 g/mol. The highest BCUT2D eigenvalue weighted by atomic mass is 79.9. The van der Waals surface area contributed by atoms with Crippen molar-refractivity contribution in [1.29, 1.82) is 0 Å². The molecule has 0 atom stereocenters. The second-order valence-corrected chi connectivity index (χ2v) is 7.40. The number of hydrogen-bond acceptors (Lipinski definition) is 4. The Kier molecular flexibility index (Phi) is 3.91. The quantitative estimate of drug-likeness (QED) is 0.853. The Labute approximate surface area is 141 Å². The molecule has 0 heterocycles. The first kappa shape index (κ1) is 15.6. The van der Waals surface area contributed by atoms with E-state index in [4.69, 9.17) is 5.73 Å². The summed E-state index contributed by atoms with van der Waals surface area (Å²) < 4.78 is 29.5. The van der Waals surface area contributed by atoms with Gasteiger partial charge in [0.1, 0.15) is 0 Å². The lowest BCUT2D eigenvalue weighted by atomic mass is 9.93. The summed E-state index contributed by atoms with van der Waals surface area (Å²) >= 11 is 3.25. The van der Waals surface area contributed by atoms with E-state index in [-0.39, 0.29) is 22.1 Å². The number of allylic oxidation sites excluding steroid dienone is 2. The normalized spacial score (nSPS) is 16.1. The zero-order chi connectivity index (χ0) is 16.6. The summed E-state index contributed by atoms with van der Waals surface area (Å²) in [6.45, 7) is 0. The first-order valence-electron chi connectivity index (χ1n) is 6.60. The van der Waals surface area contributed by atoms with Gasteiger partial charge in [-0.05, 0) is 30.3 Å². The standard InChI is InChI=1S/C16H11BrN2O3S/c17-10-5-7-11(8-6-10)23(21,22)19-15-9-14(18)16(20)13-4-2-1-3-12(13)15/h1-9H,18H2/b19-15-. The number of nitrogens with zero attached hydrogens (tertiary/aromatic N) is 1. The smallest absolute Gasteiger partial charge is 0.282 e. The molecule has 0 aliphatic heterocycles. The molecule has 7 heteroatoms. The van der Waals surface area contributed by atoms with Crippen LogP contribution < -0.4 is 5.73 Å². The molecular formula is C16H11BrN2O3S. The maximum absolute atomic E-state index is 12.5. The van der Waals surface area contributed by atoms with Crippen LogP contribution in [-0.2, 0) is 10.0 Å². The Morgan fingerprint density at radius 2 is 1.57 bits per heavy atom. The van der Waals surface area contributed by atoms with Crippen LogP contribution in [0.15, 0.2) is 74.1 Å². The van der Waals surface area contributed by atoms with Crippen molar-refractivity contribution in [1.82, 2.24) is 0 Å². The van der Waals surface area contributed by atoms with Crippen LogP contribution in [0.2, 0.25) is 0 Å². The zero-order valence-electron chi connectivity index (χ0n) is 11.7. The maximum atomic E-state index is 12.5. The lowest BCUT2D eigenvalue weighted by molar-refractivity contribution is 0.103. The van der Waals surface area contributed by atoms with Gasteiger partial charge in [-0.25, -0.2) is 0 Å². The molecule has 23 heavy (non-hydrogen) atoms. The molecule has 116 valence electrons. The van der Waals surface area contributed by atoms with Crippen molar-refractivity contribution in [3.63, 3.8) is 0 Å². The molecule has 1 aliphatic rings. The summed E-state index contributed by atoms with van der Waals surface area (Å²) in [6.07, 6.45) is 1.29. The van der Waals surface area contributed by atoms with Gasteiger partial charge in [0.25, 0.3) is 10.0 Å². The Morgan fingerprint density at radius 3 is 2.22 bits per heavy atom. The molecule has 5 nitrogen and oxygen atoms in total. The summed E-state index contributed by atoms with van der Waals surface area (Å²) in [6, 6.07) is 12.8. The minimum absolute atomic E-state index is 0.0338. The number of sulfonamides is 1. The van der Waals surface area contributed by atoms with E-state index in [1.165, 1.54) is 18.2 Å². The molecule has 2 aromatic carbocycles. The Balaban J connectivity index is 2.15.